The Hall–Kier alpha value is -1.14. The number of halogens is 1. The van der Waals surface area contributed by atoms with Crippen LogP contribution < -0.4 is 0 Å². The molecule has 0 aliphatic rings. The second kappa shape index (κ2) is 5.67. The normalized spacial score (nSPS) is 12.9. The fourth-order valence-corrected chi connectivity index (χ4v) is 2.85. The molecule has 2 nitrogen and oxygen atoms in total. The van der Waals surface area contributed by atoms with E-state index in [1.54, 1.807) is 0 Å². The topological polar surface area (TPSA) is 40.9 Å². The van der Waals surface area contributed by atoms with Gasteiger partial charge in [-0.2, -0.15) is 5.26 Å². The Morgan fingerprint density at radius 2 is 2.06 bits per heavy atom. The maximum Gasteiger partial charge on any atom is 0.152 e. The van der Waals surface area contributed by atoms with Crippen molar-refractivity contribution in [1.82, 2.24) is 0 Å². The Bertz CT molecular complexity index is 494. The molecule has 3 heteroatoms. The zero-order chi connectivity index (χ0) is 13.9. The summed E-state index contributed by atoms with van der Waals surface area (Å²) in [6.45, 7) is 7.64. The largest absolute Gasteiger partial charge is 0.298 e. The van der Waals surface area contributed by atoms with Crippen molar-refractivity contribution in [1.29, 1.82) is 5.26 Å². The summed E-state index contributed by atoms with van der Waals surface area (Å²) in [4.78, 5) is 11.9. The number of alkyl halides is 1. The maximum atomic E-state index is 12.1. The van der Waals surface area contributed by atoms with Crippen molar-refractivity contribution in [2.75, 3.05) is 0 Å². The van der Waals surface area contributed by atoms with Crippen molar-refractivity contribution < 1.29 is 4.79 Å². The zero-order valence-electron chi connectivity index (χ0n) is 11.2. The van der Waals surface area contributed by atoms with Crippen LogP contribution in [0.4, 0.5) is 0 Å². The quantitative estimate of drug-likeness (QED) is 0.797. The van der Waals surface area contributed by atoms with Gasteiger partial charge in [0.05, 0.1) is 16.5 Å². The minimum absolute atomic E-state index is 0.160. The third-order valence-corrected chi connectivity index (χ3v) is 3.63. The number of carbonyl (C=O) groups is 1. The highest BCUT2D eigenvalue weighted by Gasteiger charge is 2.28. The predicted octanol–water partition coefficient (Wildman–Crippen LogP) is 3.79. The Labute approximate surface area is 117 Å². The van der Waals surface area contributed by atoms with Crippen LogP contribution in [-0.4, -0.2) is 10.6 Å². The van der Waals surface area contributed by atoms with Crippen molar-refractivity contribution in [3.63, 3.8) is 0 Å². The van der Waals surface area contributed by atoms with E-state index in [4.69, 9.17) is 5.26 Å². The van der Waals surface area contributed by atoms with Gasteiger partial charge in [-0.25, -0.2) is 0 Å². The molecule has 18 heavy (non-hydrogen) atoms. The van der Waals surface area contributed by atoms with Crippen molar-refractivity contribution in [3.8, 4) is 6.07 Å². The smallest absolute Gasteiger partial charge is 0.152 e. The predicted molar refractivity (Wildman–Crippen MR) is 76.8 cm³/mol. The lowest BCUT2D eigenvalue weighted by atomic mass is 9.86. The van der Waals surface area contributed by atoms with Crippen LogP contribution in [0, 0.1) is 23.7 Å². The SMILES string of the molecule is Cc1cccc(CC(Br)C(=O)C(C)(C)C)c1C#N. The fraction of sp³-hybridized carbons (Fsp3) is 0.467. The average Bonchev–Trinajstić information content (AvgIpc) is 2.27. The zero-order valence-corrected chi connectivity index (χ0v) is 12.8. The Morgan fingerprint density at radius 3 is 2.56 bits per heavy atom. The second-order valence-corrected chi connectivity index (χ2v) is 6.61. The van der Waals surface area contributed by atoms with Gasteiger partial charge >= 0.3 is 0 Å². The van der Waals surface area contributed by atoms with Gasteiger partial charge in [0.1, 0.15) is 0 Å². The molecule has 0 bridgehead atoms. The minimum Gasteiger partial charge on any atom is -0.298 e. The molecule has 96 valence electrons. The van der Waals surface area contributed by atoms with Crippen LogP contribution in [0.25, 0.3) is 0 Å². The summed E-state index contributed by atoms with van der Waals surface area (Å²) in [7, 11) is 0. The van der Waals surface area contributed by atoms with E-state index in [0.29, 0.717) is 12.0 Å². The van der Waals surface area contributed by atoms with Gasteiger partial charge in [0, 0.05) is 5.41 Å². The van der Waals surface area contributed by atoms with E-state index in [1.165, 1.54) is 0 Å². The van der Waals surface area contributed by atoms with E-state index in [2.05, 4.69) is 22.0 Å². The number of nitriles is 1. The lowest BCUT2D eigenvalue weighted by Crippen LogP contribution is -2.30. The number of aryl methyl sites for hydroxylation is 1. The molecule has 0 N–H and O–H groups in total. The lowest BCUT2D eigenvalue weighted by molar-refractivity contribution is -0.125. The number of nitrogens with zero attached hydrogens (tertiary/aromatic N) is 1. The van der Waals surface area contributed by atoms with Crippen molar-refractivity contribution in [2.24, 2.45) is 5.41 Å². The van der Waals surface area contributed by atoms with E-state index in [0.717, 1.165) is 11.1 Å². The van der Waals surface area contributed by atoms with Crippen LogP contribution >= 0.6 is 15.9 Å². The summed E-state index contributed by atoms with van der Waals surface area (Å²) >= 11 is 3.44. The Morgan fingerprint density at radius 1 is 1.44 bits per heavy atom. The lowest BCUT2D eigenvalue weighted by Gasteiger charge is -2.21. The monoisotopic (exact) mass is 307 g/mol. The fourth-order valence-electron chi connectivity index (χ4n) is 1.81. The number of rotatable bonds is 3. The number of carbonyl (C=O) groups excluding carboxylic acids is 1. The molecule has 1 aromatic rings. The van der Waals surface area contributed by atoms with Crippen molar-refractivity contribution >= 4 is 21.7 Å². The van der Waals surface area contributed by atoms with Gasteiger partial charge in [0.25, 0.3) is 0 Å². The van der Waals surface area contributed by atoms with E-state index in [1.807, 2.05) is 45.9 Å². The van der Waals surface area contributed by atoms with Crippen LogP contribution in [0.2, 0.25) is 0 Å². The molecule has 0 spiro atoms. The molecule has 1 atom stereocenters. The molecule has 0 aliphatic heterocycles. The highest BCUT2D eigenvalue weighted by atomic mass is 79.9. The summed E-state index contributed by atoms with van der Waals surface area (Å²) in [5.41, 5.74) is 2.20. The molecular weight excluding hydrogens is 290 g/mol. The first-order chi connectivity index (χ1) is 8.27. The van der Waals surface area contributed by atoms with E-state index in [-0.39, 0.29) is 16.0 Å². The van der Waals surface area contributed by atoms with Gasteiger partial charge < -0.3 is 0 Å². The molecular formula is C15H18BrNO. The average molecular weight is 308 g/mol. The van der Waals surface area contributed by atoms with Gasteiger partial charge in [-0.3, -0.25) is 4.79 Å². The molecule has 0 aliphatic carbocycles. The summed E-state index contributed by atoms with van der Waals surface area (Å²) in [5.74, 6) is 0.160. The van der Waals surface area contributed by atoms with Gasteiger partial charge in [0.15, 0.2) is 5.78 Å². The Kier molecular flexibility index (Phi) is 4.70. The molecule has 0 heterocycles. The summed E-state index contributed by atoms with van der Waals surface area (Å²) in [5, 5.41) is 9.16. The summed E-state index contributed by atoms with van der Waals surface area (Å²) < 4.78 is 0. The number of ketones is 1. The second-order valence-electron chi connectivity index (χ2n) is 5.51. The highest BCUT2D eigenvalue weighted by Crippen LogP contribution is 2.25. The molecule has 0 radical (unpaired) electrons. The van der Waals surface area contributed by atoms with E-state index in [9.17, 15) is 4.79 Å². The van der Waals surface area contributed by atoms with Crippen LogP contribution in [0.15, 0.2) is 18.2 Å². The van der Waals surface area contributed by atoms with E-state index >= 15 is 0 Å². The molecule has 1 rings (SSSR count). The van der Waals surface area contributed by atoms with Gasteiger partial charge in [-0.15, -0.1) is 0 Å². The summed E-state index contributed by atoms with van der Waals surface area (Å²) in [6, 6.07) is 7.96. The number of benzene rings is 1. The van der Waals surface area contributed by atoms with Crippen molar-refractivity contribution in [2.45, 2.75) is 38.9 Å². The highest BCUT2D eigenvalue weighted by molar-refractivity contribution is 9.10. The van der Waals surface area contributed by atoms with Crippen LogP contribution in [0.3, 0.4) is 0 Å². The molecule has 0 aromatic heterocycles. The van der Waals surface area contributed by atoms with Gasteiger partial charge in [-0.05, 0) is 24.5 Å². The third-order valence-electron chi connectivity index (χ3n) is 2.89. The molecule has 1 unspecified atom stereocenters. The van der Waals surface area contributed by atoms with Gasteiger partial charge in [-0.1, -0.05) is 54.9 Å². The Balaban J connectivity index is 2.97. The molecule has 0 amide bonds. The van der Waals surface area contributed by atoms with Crippen molar-refractivity contribution in [3.05, 3.63) is 34.9 Å². The van der Waals surface area contributed by atoms with Crippen LogP contribution in [0.1, 0.15) is 37.5 Å². The maximum absolute atomic E-state index is 12.1. The van der Waals surface area contributed by atoms with Crippen LogP contribution in [0.5, 0.6) is 0 Å². The van der Waals surface area contributed by atoms with E-state index < -0.39 is 0 Å². The standard InChI is InChI=1S/C15H18BrNO/c1-10-6-5-7-11(12(10)9-17)8-13(16)14(18)15(2,3)4/h5-7,13H,8H2,1-4H3. The first kappa shape index (κ1) is 14.9. The first-order valence-electron chi connectivity index (χ1n) is 5.94. The summed E-state index contributed by atoms with van der Waals surface area (Å²) in [6.07, 6.45) is 0.556. The number of Topliss-reactive ketones (excluding diaryl/α,β-unsaturated/α-hetero) is 1. The number of hydrogen-bond donors (Lipinski definition) is 0. The first-order valence-corrected chi connectivity index (χ1v) is 6.86. The van der Waals surface area contributed by atoms with Gasteiger partial charge in [0.2, 0.25) is 0 Å². The molecule has 0 fully saturated rings. The third kappa shape index (κ3) is 3.43. The number of hydrogen-bond acceptors (Lipinski definition) is 2. The molecule has 0 saturated heterocycles. The minimum atomic E-state index is -0.370. The molecule has 0 saturated carbocycles. The van der Waals surface area contributed by atoms with Crippen LogP contribution in [-0.2, 0) is 11.2 Å². The molecule has 1 aromatic carbocycles.